The molecule has 12 heteroatoms. The first-order chi connectivity index (χ1) is 19.0. The van der Waals surface area contributed by atoms with Crippen LogP contribution in [-0.2, 0) is 35.4 Å². The maximum atomic E-state index is 12.9. The number of amides is 1. The number of carbonyl (C=O) groups is 5. The highest BCUT2D eigenvalue weighted by molar-refractivity contribution is 6.40. The number of rotatable bonds is 13. The van der Waals surface area contributed by atoms with Gasteiger partial charge in [-0.2, -0.15) is 0 Å². The molecule has 2 N–H and O–H groups in total. The maximum Gasteiger partial charge on any atom is 0.315 e. The van der Waals surface area contributed by atoms with Gasteiger partial charge in [-0.25, -0.2) is 0 Å². The second kappa shape index (κ2) is 14.0. The van der Waals surface area contributed by atoms with Crippen LogP contribution < -0.4 is 5.32 Å². The Morgan fingerprint density at radius 2 is 1.70 bits per heavy atom. The molecule has 0 bridgehead atoms. The van der Waals surface area contributed by atoms with Crippen molar-refractivity contribution >= 4 is 58.3 Å². The fraction of sp³-hybridized carbons (Fsp3) is 0.357. The van der Waals surface area contributed by atoms with E-state index in [1.54, 1.807) is 13.8 Å². The quantitative estimate of drug-likeness (QED) is 0.200. The third-order valence-electron chi connectivity index (χ3n) is 6.15. The molecule has 2 aromatic carbocycles. The molecule has 1 aliphatic rings. The van der Waals surface area contributed by atoms with Gasteiger partial charge in [-0.15, -0.1) is 0 Å². The molecule has 1 aliphatic heterocycles. The SMILES string of the molecule is CC(C)[C@H](C(=O)OCc1ccccc1)C1=NOC(C(=O)N[C@@H](CC(=O)O)C(=O)CC(=O)c2c(Cl)cccc2Cl)C1. The molecular formula is C28H28Cl2N2O8. The van der Waals surface area contributed by atoms with E-state index in [-0.39, 0.29) is 40.3 Å². The van der Waals surface area contributed by atoms with Crippen LogP contribution >= 0.6 is 23.2 Å². The summed E-state index contributed by atoms with van der Waals surface area (Å²) in [6, 6.07) is 12.0. The molecule has 0 spiro atoms. The predicted molar refractivity (Wildman–Crippen MR) is 146 cm³/mol. The van der Waals surface area contributed by atoms with Gasteiger partial charge in [0.05, 0.1) is 40.2 Å². The predicted octanol–water partition coefficient (Wildman–Crippen LogP) is 4.26. The summed E-state index contributed by atoms with van der Waals surface area (Å²) in [5, 5.41) is 15.6. The number of benzene rings is 2. The summed E-state index contributed by atoms with van der Waals surface area (Å²) in [4.78, 5) is 68.0. The first kappa shape index (κ1) is 30.8. The molecule has 1 heterocycles. The molecular weight excluding hydrogens is 563 g/mol. The molecule has 0 saturated heterocycles. The minimum absolute atomic E-state index is 0.0372. The summed E-state index contributed by atoms with van der Waals surface area (Å²) in [6.45, 7) is 3.67. The number of oxime groups is 1. The van der Waals surface area contributed by atoms with Gasteiger partial charge >= 0.3 is 11.9 Å². The van der Waals surface area contributed by atoms with Crippen molar-refractivity contribution in [2.24, 2.45) is 17.0 Å². The number of Topliss-reactive ketones (excluding diaryl/α,β-unsaturated/α-hetero) is 2. The van der Waals surface area contributed by atoms with Crippen molar-refractivity contribution in [2.75, 3.05) is 0 Å². The number of ether oxygens (including phenoxy) is 1. The number of aliphatic carboxylic acids is 1. The third-order valence-corrected chi connectivity index (χ3v) is 6.78. The second-order valence-corrected chi connectivity index (χ2v) is 10.3. The number of carboxylic acid groups (broad SMARTS) is 1. The number of carbonyl (C=O) groups excluding carboxylic acids is 4. The van der Waals surface area contributed by atoms with Gasteiger partial charge in [-0.3, -0.25) is 24.0 Å². The molecule has 212 valence electrons. The number of hydrogen-bond acceptors (Lipinski definition) is 8. The van der Waals surface area contributed by atoms with E-state index < -0.39 is 60.3 Å². The number of ketones is 2. The van der Waals surface area contributed by atoms with E-state index in [1.165, 1.54) is 18.2 Å². The van der Waals surface area contributed by atoms with Crippen molar-refractivity contribution in [3.8, 4) is 0 Å². The second-order valence-electron chi connectivity index (χ2n) is 9.52. The molecule has 40 heavy (non-hydrogen) atoms. The average molecular weight is 591 g/mol. The molecule has 1 unspecified atom stereocenters. The first-order valence-corrected chi connectivity index (χ1v) is 13.2. The molecule has 0 aromatic heterocycles. The minimum atomic E-state index is -1.53. The lowest BCUT2D eigenvalue weighted by Gasteiger charge is -2.19. The zero-order valence-corrected chi connectivity index (χ0v) is 23.3. The van der Waals surface area contributed by atoms with Crippen molar-refractivity contribution in [3.63, 3.8) is 0 Å². The van der Waals surface area contributed by atoms with E-state index >= 15 is 0 Å². The summed E-state index contributed by atoms with van der Waals surface area (Å²) < 4.78 is 5.45. The van der Waals surface area contributed by atoms with Crippen molar-refractivity contribution in [1.82, 2.24) is 5.32 Å². The standard InChI is InChI=1S/C28H28Cl2N2O8/c1-15(2)25(28(38)39-14-16-7-4-3-5-8-16)20-11-23(40-32-20)27(37)31-19(12-24(35)36)21(33)13-22(34)26-17(29)9-6-10-18(26)30/h3-10,15,19,23,25H,11-14H2,1-2H3,(H,31,37)(H,35,36)/t19-,23?,25-/m0/s1. The third kappa shape index (κ3) is 8.12. The fourth-order valence-electron chi connectivity index (χ4n) is 4.15. The van der Waals surface area contributed by atoms with Crippen LogP contribution in [0.1, 0.15) is 49.0 Å². The fourth-order valence-corrected chi connectivity index (χ4v) is 4.76. The highest BCUT2D eigenvalue weighted by Gasteiger charge is 2.39. The number of hydrogen-bond donors (Lipinski definition) is 2. The maximum absolute atomic E-state index is 12.9. The number of nitrogens with one attached hydrogen (secondary N) is 1. The number of carboxylic acids is 1. The van der Waals surface area contributed by atoms with Gasteiger partial charge in [0, 0.05) is 6.42 Å². The summed E-state index contributed by atoms with van der Waals surface area (Å²) in [5.74, 6) is -5.29. The lowest BCUT2D eigenvalue weighted by atomic mass is 9.88. The summed E-state index contributed by atoms with van der Waals surface area (Å²) in [6.07, 6.45) is -2.79. The topological polar surface area (TPSA) is 148 Å². The van der Waals surface area contributed by atoms with E-state index in [4.69, 9.17) is 32.8 Å². The van der Waals surface area contributed by atoms with Gasteiger partial charge in [0.1, 0.15) is 12.5 Å². The smallest absolute Gasteiger partial charge is 0.315 e. The Balaban J connectivity index is 1.63. The molecule has 3 atom stereocenters. The zero-order valence-electron chi connectivity index (χ0n) is 21.8. The average Bonchev–Trinajstić information content (AvgIpc) is 3.37. The van der Waals surface area contributed by atoms with Crippen molar-refractivity contribution in [3.05, 3.63) is 69.7 Å². The van der Waals surface area contributed by atoms with Gasteiger partial charge in [0.15, 0.2) is 11.6 Å². The van der Waals surface area contributed by atoms with Gasteiger partial charge < -0.3 is 20.0 Å². The number of halogens is 2. The Kier molecular flexibility index (Phi) is 10.8. The normalized spacial score (nSPS) is 15.9. The van der Waals surface area contributed by atoms with Crippen LogP contribution in [0.4, 0.5) is 0 Å². The van der Waals surface area contributed by atoms with Crippen LogP contribution in [0.25, 0.3) is 0 Å². The zero-order chi connectivity index (χ0) is 29.4. The van der Waals surface area contributed by atoms with Crippen molar-refractivity contribution in [1.29, 1.82) is 0 Å². The lowest BCUT2D eigenvalue weighted by Crippen LogP contribution is -2.47. The molecule has 3 rings (SSSR count). The van der Waals surface area contributed by atoms with Gasteiger partial charge in [0.2, 0.25) is 6.10 Å². The summed E-state index contributed by atoms with van der Waals surface area (Å²) in [7, 11) is 0. The molecule has 0 radical (unpaired) electrons. The van der Waals surface area contributed by atoms with E-state index in [0.717, 1.165) is 5.56 Å². The summed E-state index contributed by atoms with van der Waals surface area (Å²) >= 11 is 12.1. The Morgan fingerprint density at radius 3 is 2.30 bits per heavy atom. The Labute approximate surface area is 240 Å². The van der Waals surface area contributed by atoms with Crippen LogP contribution in [0.3, 0.4) is 0 Å². The Bertz CT molecular complexity index is 1290. The van der Waals surface area contributed by atoms with Gasteiger partial charge in [-0.05, 0) is 23.6 Å². The highest BCUT2D eigenvalue weighted by Crippen LogP contribution is 2.27. The molecule has 10 nitrogen and oxygen atoms in total. The molecule has 0 saturated carbocycles. The lowest BCUT2D eigenvalue weighted by molar-refractivity contribution is -0.148. The van der Waals surface area contributed by atoms with Gasteiger partial charge in [-0.1, -0.05) is 78.6 Å². The molecule has 0 aliphatic carbocycles. The van der Waals surface area contributed by atoms with Crippen LogP contribution in [0.15, 0.2) is 53.7 Å². The van der Waals surface area contributed by atoms with Crippen LogP contribution in [0, 0.1) is 11.8 Å². The number of esters is 1. The van der Waals surface area contributed by atoms with Crippen LogP contribution in [0.5, 0.6) is 0 Å². The Hall–Kier alpha value is -3.76. The largest absolute Gasteiger partial charge is 0.481 e. The van der Waals surface area contributed by atoms with Crippen LogP contribution in [-0.4, -0.2) is 52.4 Å². The molecule has 2 aromatic rings. The molecule has 1 amide bonds. The van der Waals surface area contributed by atoms with E-state index in [1.807, 2.05) is 30.3 Å². The first-order valence-electron chi connectivity index (χ1n) is 12.4. The van der Waals surface area contributed by atoms with Crippen molar-refractivity contribution in [2.45, 2.75) is 51.9 Å². The van der Waals surface area contributed by atoms with E-state index in [9.17, 15) is 29.1 Å². The monoisotopic (exact) mass is 590 g/mol. The van der Waals surface area contributed by atoms with Crippen LogP contribution in [0.2, 0.25) is 10.0 Å². The highest BCUT2D eigenvalue weighted by atomic mass is 35.5. The minimum Gasteiger partial charge on any atom is -0.481 e. The number of nitrogens with zero attached hydrogens (tertiary/aromatic N) is 1. The van der Waals surface area contributed by atoms with Crippen molar-refractivity contribution < 1.29 is 38.7 Å². The van der Waals surface area contributed by atoms with E-state index in [0.29, 0.717) is 0 Å². The van der Waals surface area contributed by atoms with Gasteiger partial charge in [0.25, 0.3) is 5.91 Å². The summed E-state index contributed by atoms with van der Waals surface area (Å²) in [5.41, 5.74) is 1.03. The molecule has 0 fully saturated rings. The Morgan fingerprint density at radius 1 is 1.05 bits per heavy atom. The van der Waals surface area contributed by atoms with E-state index in [2.05, 4.69) is 10.5 Å².